The maximum atomic E-state index is 9.74. The predicted octanol–water partition coefficient (Wildman–Crippen LogP) is 1.45. The maximum Gasteiger partial charge on any atom is 0.0802 e. The third-order valence-electron chi connectivity index (χ3n) is 2.55. The van der Waals surface area contributed by atoms with E-state index >= 15 is 0 Å². The molecule has 0 bridgehead atoms. The Morgan fingerprint density at radius 2 is 2.50 bits per heavy atom. The highest BCUT2D eigenvalue weighted by Crippen LogP contribution is 2.37. The number of hydrogen-bond acceptors (Lipinski definition) is 2. The Morgan fingerprint density at radius 3 is 2.90 bits per heavy atom. The third kappa shape index (κ3) is 1.15. The van der Waals surface area contributed by atoms with E-state index in [1.165, 1.54) is 0 Å². The zero-order valence-corrected chi connectivity index (χ0v) is 6.30. The Labute approximate surface area is 61.5 Å². The van der Waals surface area contributed by atoms with Crippen LogP contribution < -0.4 is 0 Å². The van der Waals surface area contributed by atoms with Crippen molar-refractivity contribution in [3.05, 3.63) is 0 Å². The van der Waals surface area contributed by atoms with Crippen molar-refractivity contribution < 1.29 is 5.11 Å². The lowest BCUT2D eigenvalue weighted by Gasteiger charge is -2.23. The fourth-order valence-corrected chi connectivity index (χ4v) is 1.63. The third-order valence-corrected chi connectivity index (χ3v) is 2.55. The molecule has 1 fully saturated rings. The van der Waals surface area contributed by atoms with Gasteiger partial charge in [-0.3, -0.25) is 0 Å². The number of aliphatic hydroxyl groups is 1. The molecule has 0 aromatic rings. The molecule has 0 amide bonds. The molecule has 1 aliphatic carbocycles. The van der Waals surface area contributed by atoms with Gasteiger partial charge in [-0.25, -0.2) is 0 Å². The molecule has 0 spiro atoms. The molecule has 56 valence electrons. The van der Waals surface area contributed by atoms with Gasteiger partial charge in [-0.15, -0.1) is 0 Å². The molecule has 2 nitrogen and oxygen atoms in total. The van der Waals surface area contributed by atoms with Crippen LogP contribution in [-0.2, 0) is 0 Å². The van der Waals surface area contributed by atoms with Crippen molar-refractivity contribution in [1.29, 1.82) is 5.26 Å². The summed E-state index contributed by atoms with van der Waals surface area (Å²) in [6, 6.07) is 2.03. The number of nitrogens with zero attached hydrogens (tertiary/aromatic N) is 1. The Kier molecular flexibility index (Phi) is 1.96. The topological polar surface area (TPSA) is 44.0 Å². The van der Waals surface area contributed by atoms with Crippen LogP contribution in [0.5, 0.6) is 0 Å². The van der Waals surface area contributed by atoms with Gasteiger partial charge in [0.2, 0.25) is 0 Å². The molecule has 0 aliphatic heterocycles. The summed E-state index contributed by atoms with van der Waals surface area (Å²) < 4.78 is 0. The largest absolute Gasteiger partial charge is 0.389 e. The van der Waals surface area contributed by atoms with E-state index in [0.717, 1.165) is 19.3 Å². The van der Waals surface area contributed by atoms with E-state index in [0.29, 0.717) is 12.3 Å². The van der Waals surface area contributed by atoms with Crippen molar-refractivity contribution in [1.82, 2.24) is 0 Å². The van der Waals surface area contributed by atoms with Crippen molar-refractivity contribution in [2.75, 3.05) is 0 Å². The van der Waals surface area contributed by atoms with Crippen molar-refractivity contribution >= 4 is 0 Å². The van der Waals surface area contributed by atoms with Crippen LogP contribution in [-0.4, -0.2) is 10.7 Å². The van der Waals surface area contributed by atoms with E-state index in [9.17, 15) is 5.11 Å². The standard InChI is InChI=1S/C8H13NO/c1-7-3-2-4-8(7,10)5-6-9/h7,10H,2-5H2,1H3. The van der Waals surface area contributed by atoms with Crippen LogP contribution in [0, 0.1) is 17.2 Å². The summed E-state index contributed by atoms with van der Waals surface area (Å²) >= 11 is 0. The highest BCUT2D eigenvalue weighted by molar-refractivity contribution is 4.96. The second-order valence-electron chi connectivity index (χ2n) is 3.23. The molecular formula is C8H13NO. The smallest absolute Gasteiger partial charge is 0.0802 e. The predicted molar refractivity (Wildman–Crippen MR) is 38.2 cm³/mol. The first-order chi connectivity index (χ1) is 4.69. The van der Waals surface area contributed by atoms with E-state index in [2.05, 4.69) is 0 Å². The Balaban J connectivity index is 2.58. The van der Waals surface area contributed by atoms with Crippen LogP contribution in [0.25, 0.3) is 0 Å². The minimum Gasteiger partial charge on any atom is -0.389 e. The molecule has 2 atom stereocenters. The lowest BCUT2D eigenvalue weighted by Crippen LogP contribution is -2.30. The molecule has 0 radical (unpaired) electrons. The van der Waals surface area contributed by atoms with Crippen molar-refractivity contribution in [2.24, 2.45) is 5.92 Å². The summed E-state index contributed by atoms with van der Waals surface area (Å²) in [4.78, 5) is 0. The van der Waals surface area contributed by atoms with Gasteiger partial charge in [0.15, 0.2) is 0 Å². The lowest BCUT2D eigenvalue weighted by atomic mass is 9.90. The average molecular weight is 139 g/mol. The summed E-state index contributed by atoms with van der Waals surface area (Å²) in [5.74, 6) is 0.312. The molecule has 0 saturated heterocycles. The lowest BCUT2D eigenvalue weighted by molar-refractivity contribution is 0.0139. The highest BCUT2D eigenvalue weighted by Gasteiger charge is 2.37. The van der Waals surface area contributed by atoms with E-state index < -0.39 is 5.60 Å². The second-order valence-corrected chi connectivity index (χ2v) is 3.23. The minimum absolute atomic E-state index is 0.300. The molecule has 1 saturated carbocycles. The zero-order chi connectivity index (χ0) is 7.61. The Morgan fingerprint density at radius 1 is 1.80 bits per heavy atom. The van der Waals surface area contributed by atoms with E-state index in [4.69, 9.17) is 5.26 Å². The monoisotopic (exact) mass is 139 g/mol. The summed E-state index contributed by atoms with van der Waals surface area (Å²) in [5, 5.41) is 18.1. The van der Waals surface area contributed by atoms with Crippen molar-refractivity contribution in [2.45, 2.75) is 38.2 Å². The summed E-state index contributed by atoms with van der Waals surface area (Å²) in [7, 11) is 0. The number of rotatable bonds is 1. The molecule has 0 aromatic heterocycles. The molecule has 10 heavy (non-hydrogen) atoms. The van der Waals surface area contributed by atoms with Crippen molar-refractivity contribution in [3.63, 3.8) is 0 Å². The van der Waals surface area contributed by atoms with Crippen LogP contribution >= 0.6 is 0 Å². The van der Waals surface area contributed by atoms with E-state index in [1.54, 1.807) is 0 Å². The van der Waals surface area contributed by atoms with Crippen LogP contribution in [0.2, 0.25) is 0 Å². The van der Waals surface area contributed by atoms with Gasteiger partial charge in [-0.05, 0) is 18.8 Å². The SMILES string of the molecule is CC1CCCC1(O)CC#N. The summed E-state index contributed by atoms with van der Waals surface area (Å²) in [6.07, 6.45) is 3.24. The molecular weight excluding hydrogens is 126 g/mol. The van der Waals surface area contributed by atoms with Gasteiger partial charge in [0.1, 0.15) is 0 Å². The van der Waals surface area contributed by atoms with Gasteiger partial charge in [-0.1, -0.05) is 13.3 Å². The molecule has 0 heterocycles. The van der Waals surface area contributed by atoms with E-state index in [1.807, 2.05) is 13.0 Å². The van der Waals surface area contributed by atoms with Crippen LogP contribution in [0.3, 0.4) is 0 Å². The molecule has 2 unspecified atom stereocenters. The zero-order valence-electron chi connectivity index (χ0n) is 6.30. The van der Waals surface area contributed by atoms with Crippen LogP contribution in [0.1, 0.15) is 32.6 Å². The molecule has 0 aromatic carbocycles. The minimum atomic E-state index is -0.658. The molecule has 1 N–H and O–H groups in total. The van der Waals surface area contributed by atoms with Crippen molar-refractivity contribution in [3.8, 4) is 6.07 Å². The van der Waals surface area contributed by atoms with Gasteiger partial charge in [0, 0.05) is 0 Å². The molecule has 1 rings (SSSR count). The van der Waals surface area contributed by atoms with Crippen LogP contribution in [0.15, 0.2) is 0 Å². The number of hydrogen-bond donors (Lipinski definition) is 1. The van der Waals surface area contributed by atoms with Gasteiger partial charge >= 0.3 is 0 Å². The summed E-state index contributed by atoms with van der Waals surface area (Å²) in [6.45, 7) is 2.02. The fourth-order valence-electron chi connectivity index (χ4n) is 1.63. The Bertz CT molecular complexity index is 161. The van der Waals surface area contributed by atoms with Gasteiger partial charge < -0.3 is 5.11 Å². The van der Waals surface area contributed by atoms with Gasteiger partial charge in [0.05, 0.1) is 18.1 Å². The first-order valence-corrected chi connectivity index (χ1v) is 3.78. The average Bonchev–Trinajstić information content (AvgIpc) is 2.15. The van der Waals surface area contributed by atoms with Gasteiger partial charge in [0.25, 0.3) is 0 Å². The first-order valence-electron chi connectivity index (χ1n) is 3.78. The summed E-state index contributed by atoms with van der Waals surface area (Å²) in [5.41, 5.74) is -0.658. The normalized spacial score (nSPS) is 39.5. The van der Waals surface area contributed by atoms with E-state index in [-0.39, 0.29) is 0 Å². The number of nitriles is 1. The maximum absolute atomic E-state index is 9.74. The quantitative estimate of drug-likeness (QED) is 0.597. The first kappa shape index (κ1) is 7.56. The second kappa shape index (κ2) is 2.59. The Hall–Kier alpha value is -0.550. The highest BCUT2D eigenvalue weighted by atomic mass is 16.3. The van der Waals surface area contributed by atoms with Crippen LogP contribution in [0.4, 0.5) is 0 Å². The van der Waals surface area contributed by atoms with Gasteiger partial charge in [-0.2, -0.15) is 5.26 Å². The fraction of sp³-hybridized carbons (Fsp3) is 0.875. The molecule has 2 heteroatoms. The molecule has 1 aliphatic rings.